The standard InChI is InChI=1S/C9H8ClF3N2O2/c1-5-2-3-6(4-7(5)10)15(17)8(16)14-9(11,12)13/h2-4,17H,1H3,(H,14,16). The molecule has 0 aliphatic heterocycles. The number of halogens is 4. The number of hydroxylamine groups is 1. The zero-order valence-electron chi connectivity index (χ0n) is 8.55. The quantitative estimate of drug-likeness (QED) is 0.467. The zero-order chi connectivity index (χ0) is 13.2. The van der Waals surface area contributed by atoms with Gasteiger partial charge in [-0.15, -0.1) is 0 Å². The smallest absolute Gasteiger partial charge is 0.280 e. The van der Waals surface area contributed by atoms with Gasteiger partial charge in [-0.05, 0) is 24.6 Å². The van der Waals surface area contributed by atoms with Gasteiger partial charge in [-0.25, -0.2) is 10.1 Å². The normalized spacial score (nSPS) is 11.2. The fourth-order valence-electron chi connectivity index (χ4n) is 1.00. The maximum atomic E-state index is 11.8. The Balaban J connectivity index is 2.85. The molecule has 0 aliphatic rings. The summed E-state index contributed by atoms with van der Waals surface area (Å²) in [5, 5.41) is 9.93. The van der Waals surface area contributed by atoms with Crippen molar-refractivity contribution in [3.05, 3.63) is 28.8 Å². The molecule has 2 amide bonds. The maximum Gasteiger partial charge on any atom is 0.486 e. The van der Waals surface area contributed by atoms with Crippen LogP contribution < -0.4 is 10.4 Å². The van der Waals surface area contributed by atoms with E-state index in [0.717, 1.165) is 0 Å². The van der Waals surface area contributed by atoms with Gasteiger partial charge in [-0.2, -0.15) is 18.2 Å². The van der Waals surface area contributed by atoms with E-state index >= 15 is 0 Å². The number of alkyl halides is 3. The monoisotopic (exact) mass is 268 g/mol. The second-order valence-corrected chi connectivity index (χ2v) is 3.58. The van der Waals surface area contributed by atoms with Gasteiger partial charge in [0.05, 0.1) is 5.69 Å². The highest BCUT2D eigenvalue weighted by molar-refractivity contribution is 6.31. The van der Waals surface area contributed by atoms with Gasteiger partial charge in [0.25, 0.3) is 0 Å². The average Bonchev–Trinajstić information content (AvgIpc) is 2.18. The lowest BCUT2D eigenvalue weighted by atomic mass is 10.2. The third kappa shape index (κ3) is 3.79. The van der Waals surface area contributed by atoms with E-state index in [2.05, 4.69) is 0 Å². The molecule has 0 atom stereocenters. The first-order valence-electron chi connectivity index (χ1n) is 4.35. The van der Waals surface area contributed by atoms with Crippen molar-refractivity contribution < 1.29 is 23.2 Å². The Bertz CT molecular complexity index is 437. The summed E-state index contributed by atoms with van der Waals surface area (Å²) in [5.41, 5.74) is 0.502. The Labute approximate surface area is 99.5 Å². The van der Waals surface area contributed by atoms with Crippen LogP contribution in [0.3, 0.4) is 0 Å². The van der Waals surface area contributed by atoms with Crippen molar-refractivity contribution >= 4 is 23.3 Å². The Morgan fingerprint density at radius 2 is 2.06 bits per heavy atom. The lowest BCUT2D eigenvalue weighted by Crippen LogP contribution is -2.45. The van der Waals surface area contributed by atoms with Gasteiger partial charge in [-0.3, -0.25) is 5.21 Å². The van der Waals surface area contributed by atoms with Crippen LogP contribution in [0.4, 0.5) is 23.7 Å². The van der Waals surface area contributed by atoms with Crippen LogP contribution >= 0.6 is 11.6 Å². The number of rotatable bonds is 1. The van der Waals surface area contributed by atoms with Gasteiger partial charge < -0.3 is 0 Å². The SMILES string of the molecule is Cc1ccc(N(O)C(=O)NC(F)(F)F)cc1Cl. The molecule has 1 aromatic carbocycles. The van der Waals surface area contributed by atoms with Gasteiger partial charge in [0.1, 0.15) is 0 Å². The minimum Gasteiger partial charge on any atom is -0.280 e. The summed E-state index contributed by atoms with van der Waals surface area (Å²) in [6.07, 6.45) is -4.91. The molecule has 0 aromatic heterocycles. The first-order valence-corrected chi connectivity index (χ1v) is 4.72. The van der Waals surface area contributed by atoms with E-state index in [1.807, 2.05) is 0 Å². The molecule has 94 valence electrons. The summed E-state index contributed by atoms with van der Waals surface area (Å²) in [6.45, 7) is 1.67. The summed E-state index contributed by atoms with van der Waals surface area (Å²) in [6, 6.07) is 2.18. The number of anilines is 1. The summed E-state index contributed by atoms with van der Waals surface area (Å²) < 4.78 is 35.5. The lowest BCUT2D eigenvalue weighted by Gasteiger charge is -2.17. The van der Waals surface area contributed by atoms with Crippen molar-refractivity contribution in [3.63, 3.8) is 0 Å². The molecule has 4 nitrogen and oxygen atoms in total. The number of hydrogen-bond acceptors (Lipinski definition) is 2. The number of nitrogens with one attached hydrogen (secondary N) is 1. The molecule has 0 spiro atoms. The number of urea groups is 1. The van der Waals surface area contributed by atoms with Gasteiger partial charge >= 0.3 is 12.3 Å². The van der Waals surface area contributed by atoms with Crippen molar-refractivity contribution in [1.82, 2.24) is 5.32 Å². The maximum absolute atomic E-state index is 11.8. The first kappa shape index (κ1) is 13.6. The number of carbonyl (C=O) groups excluding carboxylic acids is 1. The number of amides is 2. The van der Waals surface area contributed by atoms with Crippen LogP contribution in [-0.2, 0) is 0 Å². The molecule has 8 heteroatoms. The van der Waals surface area contributed by atoms with Gasteiger partial charge in [-0.1, -0.05) is 17.7 Å². The molecular formula is C9H8ClF3N2O2. The van der Waals surface area contributed by atoms with Crippen LogP contribution in [0.1, 0.15) is 5.56 Å². The molecule has 0 saturated heterocycles. The molecule has 1 aromatic rings. The molecule has 0 heterocycles. The predicted molar refractivity (Wildman–Crippen MR) is 55.0 cm³/mol. The summed E-state index contributed by atoms with van der Waals surface area (Å²) >= 11 is 5.70. The molecule has 0 aliphatic carbocycles. The number of carbonyl (C=O) groups is 1. The molecule has 17 heavy (non-hydrogen) atoms. The number of benzene rings is 1. The summed E-state index contributed by atoms with van der Waals surface area (Å²) in [5.74, 6) is 0. The molecule has 0 unspecified atom stereocenters. The van der Waals surface area contributed by atoms with E-state index in [0.29, 0.717) is 10.9 Å². The van der Waals surface area contributed by atoms with Crippen molar-refractivity contribution in [2.75, 3.05) is 5.06 Å². The van der Waals surface area contributed by atoms with E-state index in [4.69, 9.17) is 11.6 Å². The molecule has 0 radical (unpaired) electrons. The Morgan fingerprint density at radius 1 is 1.47 bits per heavy atom. The highest BCUT2D eigenvalue weighted by Gasteiger charge is 2.32. The second-order valence-electron chi connectivity index (χ2n) is 3.17. The van der Waals surface area contributed by atoms with E-state index in [-0.39, 0.29) is 15.8 Å². The predicted octanol–water partition coefficient (Wildman–Crippen LogP) is 3.07. The Kier molecular flexibility index (Phi) is 3.84. The van der Waals surface area contributed by atoms with E-state index in [1.54, 1.807) is 6.92 Å². The van der Waals surface area contributed by atoms with Crippen LogP contribution in [0.2, 0.25) is 5.02 Å². The molecule has 2 N–H and O–H groups in total. The van der Waals surface area contributed by atoms with Gasteiger partial charge in [0, 0.05) is 5.02 Å². The second kappa shape index (κ2) is 4.80. The molecular weight excluding hydrogens is 261 g/mol. The third-order valence-electron chi connectivity index (χ3n) is 1.84. The number of nitrogens with zero attached hydrogens (tertiary/aromatic N) is 1. The Hall–Kier alpha value is -1.47. The average molecular weight is 269 g/mol. The summed E-state index contributed by atoms with van der Waals surface area (Å²) in [7, 11) is 0. The fraction of sp³-hybridized carbons (Fsp3) is 0.222. The highest BCUT2D eigenvalue weighted by Crippen LogP contribution is 2.22. The van der Waals surface area contributed by atoms with Crippen LogP contribution in [-0.4, -0.2) is 17.5 Å². The summed E-state index contributed by atoms with van der Waals surface area (Å²) in [4.78, 5) is 11.0. The van der Waals surface area contributed by atoms with Crippen molar-refractivity contribution in [2.24, 2.45) is 0 Å². The van der Waals surface area contributed by atoms with Crippen LogP contribution in [0.15, 0.2) is 18.2 Å². The molecule has 0 bridgehead atoms. The fourth-order valence-corrected chi connectivity index (χ4v) is 1.18. The van der Waals surface area contributed by atoms with Crippen molar-refractivity contribution in [2.45, 2.75) is 13.2 Å². The van der Waals surface area contributed by atoms with Crippen LogP contribution in [0.25, 0.3) is 0 Å². The largest absolute Gasteiger partial charge is 0.486 e. The molecule has 0 fully saturated rings. The zero-order valence-corrected chi connectivity index (χ0v) is 9.30. The number of aryl methyl sites for hydroxylation is 1. The van der Waals surface area contributed by atoms with E-state index in [9.17, 15) is 23.2 Å². The topological polar surface area (TPSA) is 52.6 Å². The highest BCUT2D eigenvalue weighted by atomic mass is 35.5. The van der Waals surface area contributed by atoms with Crippen LogP contribution in [0.5, 0.6) is 0 Å². The van der Waals surface area contributed by atoms with E-state index < -0.39 is 12.3 Å². The lowest BCUT2D eigenvalue weighted by molar-refractivity contribution is -0.146. The van der Waals surface area contributed by atoms with Crippen LogP contribution in [0, 0.1) is 6.92 Å². The first-order chi connectivity index (χ1) is 7.70. The third-order valence-corrected chi connectivity index (χ3v) is 2.25. The number of hydrogen-bond donors (Lipinski definition) is 2. The van der Waals surface area contributed by atoms with Gasteiger partial charge in [0.15, 0.2) is 0 Å². The molecule has 0 saturated carbocycles. The minimum atomic E-state index is -4.91. The van der Waals surface area contributed by atoms with Crippen molar-refractivity contribution in [1.29, 1.82) is 0 Å². The van der Waals surface area contributed by atoms with E-state index in [1.165, 1.54) is 18.2 Å². The van der Waals surface area contributed by atoms with Crippen molar-refractivity contribution in [3.8, 4) is 0 Å². The Morgan fingerprint density at radius 3 is 2.53 bits per heavy atom. The minimum absolute atomic E-state index is 0.164. The van der Waals surface area contributed by atoms with Gasteiger partial charge in [0.2, 0.25) is 0 Å². The molecule has 1 rings (SSSR count).